The minimum atomic E-state index is -0.408. The third-order valence-corrected chi connectivity index (χ3v) is 5.67. The number of carbonyl (C=O) groups excluding carboxylic acids is 1. The first-order valence-corrected chi connectivity index (χ1v) is 10.8. The molecule has 1 amide bonds. The first kappa shape index (κ1) is 22.4. The number of hydrogen-bond donors (Lipinski definition) is 1. The largest absolute Gasteiger partial charge is 0.378 e. The number of carbonyl (C=O) groups is 1. The molecule has 3 aromatic rings. The lowest BCUT2D eigenvalue weighted by Gasteiger charge is -2.28. The number of anilines is 1. The lowest BCUT2D eigenvalue weighted by Crippen LogP contribution is -2.36. The lowest BCUT2D eigenvalue weighted by molar-refractivity contribution is -0.386. The smallest absolute Gasteiger partial charge is 0.312 e. The van der Waals surface area contributed by atoms with E-state index in [1.54, 1.807) is 36.9 Å². The first-order valence-electron chi connectivity index (χ1n) is 10.8. The molecule has 1 fully saturated rings. The van der Waals surface area contributed by atoms with Crippen LogP contribution in [0.15, 0.2) is 42.6 Å². The van der Waals surface area contributed by atoms with Gasteiger partial charge < -0.3 is 15.0 Å². The lowest BCUT2D eigenvalue weighted by atomic mass is 10.1. The van der Waals surface area contributed by atoms with Crippen LogP contribution in [0.3, 0.4) is 0 Å². The summed E-state index contributed by atoms with van der Waals surface area (Å²) in [7, 11) is 0. The first-order chi connectivity index (χ1) is 15.9. The molecule has 0 unspecified atom stereocenters. The molecule has 3 heterocycles. The highest BCUT2D eigenvalue weighted by atomic mass is 16.6. The topological polar surface area (TPSA) is 115 Å². The third kappa shape index (κ3) is 5.17. The summed E-state index contributed by atoms with van der Waals surface area (Å²) in [4.78, 5) is 30.0. The van der Waals surface area contributed by atoms with Gasteiger partial charge in [-0.3, -0.25) is 19.6 Å². The second kappa shape index (κ2) is 9.78. The van der Waals surface area contributed by atoms with Crippen molar-refractivity contribution in [3.8, 4) is 0 Å². The molecule has 10 nitrogen and oxygen atoms in total. The van der Waals surface area contributed by atoms with Crippen LogP contribution in [0.1, 0.15) is 32.9 Å². The van der Waals surface area contributed by atoms with E-state index in [4.69, 9.17) is 4.74 Å². The standard InChI is InChI=1S/C23H26N6O4/c1-16-22(29(31)32)17(2)28(26-16)15-18-3-5-20(6-4-18)23(30)25-14-19-7-8-24-21(13-19)27-9-11-33-12-10-27/h3-8,13H,9-12,14-15H2,1-2H3,(H,25,30). The summed E-state index contributed by atoms with van der Waals surface area (Å²) < 4.78 is 6.99. The average Bonchev–Trinajstić information content (AvgIpc) is 3.11. The number of pyridine rings is 1. The highest BCUT2D eigenvalue weighted by Crippen LogP contribution is 2.22. The molecule has 0 aliphatic carbocycles. The van der Waals surface area contributed by atoms with Crippen molar-refractivity contribution in [3.63, 3.8) is 0 Å². The minimum Gasteiger partial charge on any atom is -0.378 e. The van der Waals surface area contributed by atoms with Crippen LogP contribution in [0, 0.1) is 24.0 Å². The van der Waals surface area contributed by atoms with E-state index in [0.717, 1.165) is 30.0 Å². The Morgan fingerprint density at radius 1 is 1.15 bits per heavy atom. The maximum Gasteiger partial charge on any atom is 0.312 e. The normalized spacial score (nSPS) is 13.7. The summed E-state index contributed by atoms with van der Waals surface area (Å²) in [5, 5.41) is 18.4. The van der Waals surface area contributed by atoms with E-state index >= 15 is 0 Å². The Morgan fingerprint density at radius 2 is 1.88 bits per heavy atom. The third-order valence-electron chi connectivity index (χ3n) is 5.67. The number of benzene rings is 1. The SMILES string of the molecule is Cc1nn(Cc2ccc(C(=O)NCc3ccnc(N4CCOCC4)c3)cc2)c(C)c1[N+](=O)[O-]. The molecule has 1 aromatic carbocycles. The maximum absolute atomic E-state index is 12.6. The summed E-state index contributed by atoms with van der Waals surface area (Å²) in [5.74, 6) is 0.715. The van der Waals surface area contributed by atoms with E-state index in [0.29, 0.717) is 43.3 Å². The van der Waals surface area contributed by atoms with E-state index < -0.39 is 4.92 Å². The Labute approximate surface area is 191 Å². The average molecular weight is 450 g/mol. The molecule has 0 atom stereocenters. The molecule has 33 heavy (non-hydrogen) atoms. The molecule has 1 aliphatic rings. The van der Waals surface area contributed by atoms with Gasteiger partial charge in [0.1, 0.15) is 17.2 Å². The zero-order chi connectivity index (χ0) is 23.4. The van der Waals surface area contributed by atoms with Gasteiger partial charge in [0.15, 0.2) is 0 Å². The molecular weight excluding hydrogens is 424 g/mol. The zero-order valence-corrected chi connectivity index (χ0v) is 18.7. The van der Waals surface area contributed by atoms with Crippen molar-refractivity contribution in [2.75, 3.05) is 31.2 Å². The van der Waals surface area contributed by atoms with E-state index in [2.05, 4.69) is 20.3 Å². The summed E-state index contributed by atoms with van der Waals surface area (Å²) in [5.41, 5.74) is 3.35. The van der Waals surface area contributed by atoms with E-state index in [1.807, 2.05) is 24.3 Å². The second-order valence-corrected chi connectivity index (χ2v) is 7.94. The maximum atomic E-state index is 12.6. The summed E-state index contributed by atoms with van der Waals surface area (Å²) in [6, 6.07) is 11.0. The highest BCUT2D eigenvalue weighted by molar-refractivity contribution is 5.94. The number of nitrogens with one attached hydrogen (secondary N) is 1. The number of ether oxygens (including phenoxy) is 1. The van der Waals surface area contributed by atoms with Crippen molar-refractivity contribution < 1.29 is 14.5 Å². The van der Waals surface area contributed by atoms with Crippen LogP contribution in [0.4, 0.5) is 11.5 Å². The molecular formula is C23H26N6O4. The van der Waals surface area contributed by atoms with Crippen LogP contribution in [0.5, 0.6) is 0 Å². The fraction of sp³-hybridized carbons (Fsp3) is 0.348. The summed E-state index contributed by atoms with van der Waals surface area (Å²) in [6.45, 7) is 7.09. The molecule has 10 heteroatoms. The number of amides is 1. The Balaban J connectivity index is 1.36. The molecule has 0 saturated carbocycles. The molecule has 172 valence electrons. The van der Waals surface area contributed by atoms with Crippen LogP contribution in [0.25, 0.3) is 0 Å². The molecule has 4 rings (SSSR count). The second-order valence-electron chi connectivity index (χ2n) is 7.94. The quantitative estimate of drug-likeness (QED) is 0.434. The van der Waals surface area contributed by atoms with Gasteiger partial charge in [0.2, 0.25) is 0 Å². The van der Waals surface area contributed by atoms with Crippen molar-refractivity contribution in [1.82, 2.24) is 20.1 Å². The molecule has 0 bridgehead atoms. The molecule has 0 radical (unpaired) electrons. The Hall–Kier alpha value is -3.79. The van der Waals surface area contributed by atoms with Gasteiger partial charge in [0.05, 0.1) is 24.7 Å². The van der Waals surface area contributed by atoms with Crippen LogP contribution >= 0.6 is 0 Å². The van der Waals surface area contributed by atoms with Crippen LogP contribution in [-0.4, -0.2) is 51.9 Å². The molecule has 1 saturated heterocycles. The summed E-state index contributed by atoms with van der Waals surface area (Å²) in [6.07, 6.45) is 1.75. The number of aryl methyl sites for hydroxylation is 1. The summed E-state index contributed by atoms with van der Waals surface area (Å²) >= 11 is 0. The van der Waals surface area contributed by atoms with Gasteiger partial charge in [-0.15, -0.1) is 0 Å². The Bertz CT molecular complexity index is 1150. The van der Waals surface area contributed by atoms with Crippen molar-refractivity contribution >= 4 is 17.4 Å². The minimum absolute atomic E-state index is 0.0406. The predicted molar refractivity (Wildman–Crippen MR) is 122 cm³/mol. The molecule has 1 aliphatic heterocycles. The number of morpholine rings is 1. The zero-order valence-electron chi connectivity index (χ0n) is 18.7. The fourth-order valence-electron chi connectivity index (χ4n) is 3.86. The number of aromatic nitrogens is 3. The van der Waals surface area contributed by atoms with Crippen molar-refractivity contribution in [2.24, 2.45) is 0 Å². The fourth-order valence-corrected chi connectivity index (χ4v) is 3.86. The number of nitro groups is 1. The number of rotatable bonds is 7. The molecule has 2 aromatic heterocycles. The van der Waals surface area contributed by atoms with Gasteiger partial charge in [-0.25, -0.2) is 4.98 Å². The van der Waals surface area contributed by atoms with Gasteiger partial charge in [0, 0.05) is 31.4 Å². The van der Waals surface area contributed by atoms with E-state index in [-0.39, 0.29) is 11.6 Å². The predicted octanol–water partition coefficient (Wildman–Crippen LogP) is 2.62. The monoisotopic (exact) mass is 450 g/mol. The Morgan fingerprint density at radius 3 is 2.55 bits per heavy atom. The van der Waals surface area contributed by atoms with Crippen molar-refractivity contribution in [1.29, 1.82) is 0 Å². The van der Waals surface area contributed by atoms with Gasteiger partial charge in [0.25, 0.3) is 5.91 Å². The Kier molecular flexibility index (Phi) is 6.64. The number of hydrogen-bond acceptors (Lipinski definition) is 7. The van der Waals surface area contributed by atoms with Gasteiger partial charge >= 0.3 is 5.69 Å². The number of nitrogens with zero attached hydrogens (tertiary/aromatic N) is 5. The van der Waals surface area contributed by atoms with Crippen LogP contribution in [-0.2, 0) is 17.8 Å². The van der Waals surface area contributed by atoms with Crippen molar-refractivity contribution in [3.05, 3.63) is 80.8 Å². The van der Waals surface area contributed by atoms with E-state index in [9.17, 15) is 14.9 Å². The molecule has 1 N–H and O–H groups in total. The van der Waals surface area contributed by atoms with E-state index in [1.165, 1.54) is 0 Å². The van der Waals surface area contributed by atoms with Gasteiger partial charge in [-0.05, 0) is 49.2 Å². The van der Waals surface area contributed by atoms with Gasteiger partial charge in [-0.2, -0.15) is 5.10 Å². The van der Waals surface area contributed by atoms with Crippen molar-refractivity contribution in [2.45, 2.75) is 26.9 Å². The van der Waals surface area contributed by atoms with Crippen LogP contribution in [0.2, 0.25) is 0 Å². The van der Waals surface area contributed by atoms with Gasteiger partial charge in [-0.1, -0.05) is 12.1 Å². The van der Waals surface area contributed by atoms with Crippen LogP contribution < -0.4 is 10.2 Å². The highest BCUT2D eigenvalue weighted by Gasteiger charge is 2.21. The molecule has 0 spiro atoms.